The van der Waals surface area contributed by atoms with Gasteiger partial charge in [-0.05, 0) is 69.4 Å². The van der Waals surface area contributed by atoms with Crippen LogP contribution in [0.1, 0.15) is 65.7 Å². The number of nitrogens with one attached hydrogen (secondary N) is 2. The number of carbonyl (C=O) groups excluding carboxylic acids is 1. The van der Waals surface area contributed by atoms with E-state index in [1.165, 1.54) is 19.3 Å². The van der Waals surface area contributed by atoms with E-state index in [2.05, 4.69) is 31.4 Å². The SMILES string of the molecule is CC(C)(C)C1CCC(C(=O)NC2CCCNCC2)CC1. The zero-order valence-corrected chi connectivity index (χ0v) is 13.5. The number of hydrogen-bond acceptors (Lipinski definition) is 2. The monoisotopic (exact) mass is 280 g/mol. The van der Waals surface area contributed by atoms with Crippen LogP contribution in [0.4, 0.5) is 0 Å². The predicted molar refractivity (Wildman–Crippen MR) is 83.6 cm³/mol. The Hall–Kier alpha value is -0.570. The molecular weight excluding hydrogens is 248 g/mol. The van der Waals surface area contributed by atoms with Crippen molar-refractivity contribution in [2.75, 3.05) is 13.1 Å². The Kier molecular flexibility index (Phi) is 5.48. The van der Waals surface area contributed by atoms with Gasteiger partial charge in [-0.3, -0.25) is 4.79 Å². The Bertz CT molecular complexity index is 305. The fourth-order valence-electron chi connectivity index (χ4n) is 3.70. The van der Waals surface area contributed by atoms with Crippen molar-refractivity contribution in [2.45, 2.75) is 71.8 Å². The summed E-state index contributed by atoms with van der Waals surface area (Å²) < 4.78 is 0. The van der Waals surface area contributed by atoms with Crippen LogP contribution in [0.25, 0.3) is 0 Å². The molecular formula is C17H32N2O. The minimum Gasteiger partial charge on any atom is -0.353 e. The van der Waals surface area contributed by atoms with Gasteiger partial charge in [-0.15, -0.1) is 0 Å². The van der Waals surface area contributed by atoms with Crippen LogP contribution in [0, 0.1) is 17.3 Å². The molecule has 3 nitrogen and oxygen atoms in total. The van der Waals surface area contributed by atoms with Gasteiger partial charge in [0.15, 0.2) is 0 Å². The first-order valence-corrected chi connectivity index (χ1v) is 8.48. The van der Waals surface area contributed by atoms with Gasteiger partial charge < -0.3 is 10.6 Å². The molecule has 0 radical (unpaired) electrons. The summed E-state index contributed by atoms with van der Waals surface area (Å²) in [6.45, 7) is 9.13. The molecule has 2 aliphatic rings. The van der Waals surface area contributed by atoms with Crippen LogP contribution in [0.15, 0.2) is 0 Å². The molecule has 2 N–H and O–H groups in total. The average Bonchev–Trinajstić information content (AvgIpc) is 2.66. The van der Waals surface area contributed by atoms with Crippen LogP contribution >= 0.6 is 0 Å². The maximum atomic E-state index is 12.4. The summed E-state index contributed by atoms with van der Waals surface area (Å²) >= 11 is 0. The third-order valence-corrected chi connectivity index (χ3v) is 5.24. The van der Waals surface area contributed by atoms with Gasteiger partial charge in [0.1, 0.15) is 0 Å². The zero-order chi connectivity index (χ0) is 14.6. The molecule has 2 fully saturated rings. The Morgan fingerprint density at radius 3 is 2.35 bits per heavy atom. The van der Waals surface area contributed by atoms with Crippen LogP contribution in [0.5, 0.6) is 0 Å². The van der Waals surface area contributed by atoms with Gasteiger partial charge in [0.2, 0.25) is 5.91 Å². The van der Waals surface area contributed by atoms with Gasteiger partial charge in [-0.25, -0.2) is 0 Å². The highest BCUT2D eigenvalue weighted by atomic mass is 16.1. The summed E-state index contributed by atoms with van der Waals surface area (Å²) in [6.07, 6.45) is 8.00. The number of amides is 1. The molecule has 2 rings (SSSR count). The standard InChI is InChI=1S/C17H32N2O/c1-17(2,3)14-8-6-13(7-9-14)16(20)19-15-5-4-11-18-12-10-15/h13-15,18H,4-12H2,1-3H3,(H,19,20). The van der Waals surface area contributed by atoms with Crippen molar-refractivity contribution in [1.82, 2.24) is 10.6 Å². The highest BCUT2D eigenvalue weighted by Gasteiger charge is 2.32. The van der Waals surface area contributed by atoms with Crippen molar-refractivity contribution in [3.8, 4) is 0 Å². The molecule has 1 atom stereocenters. The van der Waals surface area contributed by atoms with E-state index < -0.39 is 0 Å². The van der Waals surface area contributed by atoms with E-state index in [1.54, 1.807) is 0 Å². The molecule has 3 heteroatoms. The first-order valence-electron chi connectivity index (χ1n) is 8.48. The summed E-state index contributed by atoms with van der Waals surface area (Å²) in [5.41, 5.74) is 0.397. The lowest BCUT2D eigenvalue weighted by atomic mass is 9.69. The van der Waals surface area contributed by atoms with Crippen LogP contribution in [-0.4, -0.2) is 25.0 Å². The smallest absolute Gasteiger partial charge is 0.223 e. The number of carbonyl (C=O) groups is 1. The first-order chi connectivity index (χ1) is 9.47. The van der Waals surface area contributed by atoms with Gasteiger partial charge in [0.05, 0.1) is 0 Å². The molecule has 116 valence electrons. The van der Waals surface area contributed by atoms with Gasteiger partial charge in [-0.1, -0.05) is 20.8 Å². The minimum atomic E-state index is 0.268. The minimum absolute atomic E-state index is 0.268. The average molecular weight is 280 g/mol. The molecule has 0 aromatic carbocycles. The molecule has 0 aromatic heterocycles. The first kappa shape index (κ1) is 15.8. The molecule has 0 aromatic rings. The van der Waals surface area contributed by atoms with E-state index in [1.807, 2.05) is 0 Å². The Balaban J connectivity index is 1.76. The predicted octanol–water partition coefficient (Wildman–Crippen LogP) is 3.10. The van der Waals surface area contributed by atoms with E-state index in [0.29, 0.717) is 17.4 Å². The van der Waals surface area contributed by atoms with E-state index in [-0.39, 0.29) is 5.92 Å². The molecule has 1 aliphatic carbocycles. The molecule has 1 amide bonds. The van der Waals surface area contributed by atoms with Crippen molar-refractivity contribution >= 4 is 5.91 Å². The summed E-state index contributed by atoms with van der Waals surface area (Å²) in [5.74, 6) is 1.38. The third kappa shape index (κ3) is 4.47. The highest BCUT2D eigenvalue weighted by molar-refractivity contribution is 5.79. The molecule has 20 heavy (non-hydrogen) atoms. The molecule has 0 spiro atoms. The molecule has 1 saturated heterocycles. The van der Waals surface area contributed by atoms with Crippen LogP contribution in [0.3, 0.4) is 0 Å². The lowest BCUT2D eigenvalue weighted by molar-refractivity contribution is -0.127. The van der Waals surface area contributed by atoms with Gasteiger partial charge >= 0.3 is 0 Å². The van der Waals surface area contributed by atoms with Crippen molar-refractivity contribution in [3.63, 3.8) is 0 Å². The Morgan fingerprint density at radius 2 is 1.70 bits per heavy atom. The van der Waals surface area contributed by atoms with Crippen molar-refractivity contribution < 1.29 is 4.79 Å². The van der Waals surface area contributed by atoms with Crippen LogP contribution in [-0.2, 0) is 4.79 Å². The van der Waals surface area contributed by atoms with Gasteiger partial charge in [0.25, 0.3) is 0 Å². The summed E-state index contributed by atoms with van der Waals surface area (Å²) in [6, 6.07) is 0.401. The summed E-state index contributed by atoms with van der Waals surface area (Å²) in [7, 11) is 0. The molecule has 1 saturated carbocycles. The maximum absolute atomic E-state index is 12.4. The fraction of sp³-hybridized carbons (Fsp3) is 0.941. The Morgan fingerprint density at radius 1 is 1.00 bits per heavy atom. The second kappa shape index (κ2) is 6.93. The van der Waals surface area contributed by atoms with Gasteiger partial charge in [-0.2, -0.15) is 0 Å². The second-order valence-corrected chi connectivity index (χ2v) is 7.80. The Labute approximate surface area is 124 Å². The topological polar surface area (TPSA) is 41.1 Å². The lowest BCUT2D eigenvalue weighted by Gasteiger charge is -2.36. The largest absolute Gasteiger partial charge is 0.353 e. The van der Waals surface area contributed by atoms with Crippen molar-refractivity contribution in [1.29, 1.82) is 0 Å². The molecule has 1 unspecified atom stereocenters. The molecule has 0 bridgehead atoms. The summed E-state index contributed by atoms with van der Waals surface area (Å²) in [4.78, 5) is 12.4. The van der Waals surface area contributed by atoms with Crippen LogP contribution < -0.4 is 10.6 Å². The second-order valence-electron chi connectivity index (χ2n) is 7.80. The van der Waals surface area contributed by atoms with Gasteiger partial charge in [0, 0.05) is 12.0 Å². The highest BCUT2D eigenvalue weighted by Crippen LogP contribution is 2.39. The number of rotatable bonds is 2. The van der Waals surface area contributed by atoms with E-state index in [0.717, 1.165) is 44.7 Å². The van der Waals surface area contributed by atoms with E-state index in [4.69, 9.17) is 0 Å². The van der Waals surface area contributed by atoms with Crippen molar-refractivity contribution in [2.24, 2.45) is 17.3 Å². The third-order valence-electron chi connectivity index (χ3n) is 5.24. The van der Waals surface area contributed by atoms with E-state index >= 15 is 0 Å². The van der Waals surface area contributed by atoms with Crippen molar-refractivity contribution in [3.05, 3.63) is 0 Å². The maximum Gasteiger partial charge on any atom is 0.223 e. The molecule has 1 heterocycles. The normalized spacial score (nSPS) is 32.5. The van der Waals surface area contributed by atoms with E-state index in [9.17, 15) is 4.79 Å². The lowest BCUT2D eigenvalue weighted by Crippen LogP contribution is -2.41. The molecule has 1 aliphatic heterocycles. The summed E-state index contributed by atoms with van der Waals surface area (Å²) in [5, 5.41) is 6.70. The zero-order valence-electron chi connectivity index (χ0n) is 13.5. The number of hydrogen-bond donors (Lipinski definition) is 2. The van der Waals surface area contributed by atoms with Crippen LogP contribution in [0.2, 0.25) is 0 Å². The quantitative estimate of drug-likeness (QED) is 0.816. The fourth-order valence-corrected chi connectivity index (χ4v) is 3.70.